The molecule has 3 fully saturated rings. The van der Waals surface area contributed by atoms with Crippen LogP contribution in [0.1, 0.15) is 44.9 Å². The van der Waals surface area contributed by atoms with Crippen LogP contribution in [-0.4, -0.2) is 16.1 Å². The Bertz CT molecular complexity index is 211. The van der Waals surface area contributed by atoms with Crippen molar-refractivity contribution in [2.75, 3.05) is 11.5 Å². The Kier molecular flexibility index (Phi) is 3.55. The average Bonchev–Trinajstić information content (AvgIpc) is 2.89. The third-order valence-corrected chi connectivity index (χ3v) is 7.63. The quantitative estimate of drug-likeness (QED) is 0.719. The molecule has 1 saturated heterocycles. The van der Waals surface area contributed by atoms with E-state index in [1.54, 1.807) is 32.1 Å². The molecular formula is C13H22S2. The van der Waals surface area contributed by atoms with Gasteiger partial charge in [0, 0.05) is 0 Å². The van der Waals surface area contributed by atoms with Crippen LogP contribution in [0, 0.1) is 17.8 Å². The van der Waals surface area contributed by atoms with Gasteiger partial charge in [-0.15, -0.1) is 23.5 Å². The minimum Gasteiger partial charge on any atom is -0.148 e. The van der Waals surface area contributed by atoms with E-state index in [-0.39, 0.29) is 0 Å². The van der Waals surface area contributed by atoms with E-state index in [0.29, 0.717) is 0 Å². The summed E-state index contributed by atoms with van der Waals surface area (Å²) in [7, 11) is 0. The maximum atomic E-state index is 2.23. The average molecular weight is 242 g/mol. The van der Waals surface area contributed by atoms with Gasteiger partial charge in [-0.1, -0.05) is 6.42 Å². The Morgan fingerprint density at radius 2 is 1.80 bits per heavy atom. The molecule has 0 N–H and O–H groups in total. The van der Waals surface area contributed by atoms with Crippen molar-refractivity contribution in [3.05, 3.63) is 0 Å². The molecule has 3 atom stereocenters. The van der Waals surface area contributed by atoms with Crippen LogP contribution in [0.15, 0.2) is 0 Å². The minimum absolute atomic E-state index is 0.956. The summed E-state index contributed by atoms with van der Waals surface area (Å²) in [4.78, 5) is 0. The SMILES string of the molecule is C1CSC(CCC2CC3CCC2C3)SC1. The van der Waals surface area contributed by atoms with Crippen LogP contribution in [-0.2, 0) is 0 Å². The van der Waals surface area contributed by atoms with Crippen molar-refractivity contribution in [2.45, 2.75) is 49.5 Å². The van der Waals surface area contributed by atoms with Crippen molar-refractivity contribution in [3.63, 3.8) is 0 Å². The molecule has 2 aliphatic carbocycles. The zero-order valence-electron chi connectivity index (χ0n) is 9.49. The lowest BCUT2D eigenvalue weighted by Gasteiger charge is -2.25. The number of fused-ring (bicyclic) bond motifs is 2. The number of rotatable bonds is 3. The van der Waals surface area contributed by atoms with Gasteiger partial charge in [-0.25, -0.2) is 0 Å². The second-order valence-corrected chi connectivity index (χ2v) is 8.46. The summed E-state index contributed by atoms with van der Waals surface area (Å²) in [6, 6.07) is 0. The summed E-state index contributed by atoms with van der Waals surface area (Å²) in [5.74, 6) is 6.27. The molecule has 2 bridgehead atoms. The highest BCUT2D eigenvalue weighted by Crippen LogP contribution is 2.50. The molecule has 0 amide bonds. The van der Waals surface area contributed by atoms with Gasteiger partial charge in [-0.05, 0) is 67.8 Å². The van der Waals surface area contributed by atoms with E-state index in [0.717, 1.165) is 22.3 Å². The molecular weight excluding hydrogens is 220 g/mol. The summed E-state index contributed by atoms with van der Waals surface area (Å²) in [5.41, 5.74) is 0. The lowest BCUT2D eigenvalue weighted by molar-refractivity contribution is 0.311. The van der Waals surface area contributed by atoms with E-state index >= 15 is 0 Å². The largest absolute Gasteiger partial charge is 0.148 e. The highest BCUT2D eigenvalue weighted by molar-refractivity contribution is 8.17. The number of thioether (sulfide) groups is 2. The van der Waals surface area contributed by atoms with E-state index in [9.17, 15) is 0 Å². The van der Waals surface area contributed by atoms with E-state index < -0.39 is 0 Å². The van der Waals surface area contributed by atoms with Gasteiger partial charge < -0.3 is 0 Å². The zero-order chi connectivity index (χ0) is 10.1. The fourth-order valence-electron chi connectivity index (χ4n) is 3.78. The number of hydrogen-bond donors (Lipinski definition) is 0. The van der Waals surface area contributed by atoms with Crippen molar-refractivity contribution in [1.29, 1.82) is 0 Å². The minimum atomic E-state index is 0.956. The molecule has 3 rings (SSSR count). The molecule has 1 heterocycles. The van der Waals surface area contributed by atoms with Gasteiger partial charge in [0.25, 0.3) is 0 Å². The Morgan fingerprint density at radius 3 is 2.47 bits per heavy atom. The van der Waals surface area contributed by atoms with Gasteiger partial charge in [0.05, 0.1) is 4.58 Å². The Balaban J connectivity index is 1.42. The molecule has 15 heavy (non-hydrogen) atoms. The van der Waals surface area contributed by atoms with Crippen LogP contribution in [0.3, 0.4) is 0 Å². The first-order chi connectivity index (χ1) is 7.42. The van der Waals surface area contributed by atoms with Crippen LogP contribution in [0.2, 0.25) is 0 Å². The topological polar surface area (TPSA) is 0 Å². The van der Waals surface area contributed by atoms with Crippen LogP contribution in [0.5, 0.6) is 0 Å². The molecule has 86 valence electrons. The van der Waals surface area contributed by atoms with Gasteiger partial charge in [0.2, 0.25) is 0 Å². The predicted molar refractivity (Wildman–Crippen MR) is 71.5 cm³/mol. The second-order valence-electron chi connectivity index (χ2n) is 5.54. The predicted octanol–water partition coefficient (Wildman–Crippen LogP) is 4.40. The number of hydrogen-bond acceptors (Lipinski definition) is 2. The molecule has 0 aromatic carbocycles. The standard InChI is InChI=1S/C13H22S2/c1-6-14-13(15-7-1)5-4-12-9-10-2-3-11(12)8-10/h10-13H,1-9H2. The molecule has 0 spiro atoms. The first-order valence-corrected chi connectivity index (χ1v) is 8.75. The van der Waals surface area contributed by atoms with Gasteiger partial charge in [0.1, 0.15) is 0 Å². The van der Waals surface area contributed by atoms with E-state index in [4.69, 9.17) is 0 Å². The van der Waals surface area contributed by atoms with Gasteiger partial charge >= 0.3 is 0 Å². The molecule has 0 aromatic rings. The first-order valence-electron chi connectivity index (χ1n) is 6.65. The third-order valence-electron chi connectivity index (χ3n) is 4.55. The van der Waals surface area contributed by atoms with Crippen molar-refractivity contribution in [1.82, 2.24) is 0 Å². The summed E-state index contributed by atoms with van der Waals surface area (Å²) in [6.45, 7) is 0. The highest BCUT2D eigenvalue weighted by Gasteiger charge is 2.39. The fraction of sp³-hybridized carbons (Fsp3) is 1.00. The zero-order valence-corrected chi connectivity index (χ0v) is 11.1. The van der Waals surface area contributed by atoms with Crippen LogP contribution in [0.4, 0.5) is 0 Å². The molecule has 3 aliphatic rings. The molecule has 0 aromatic heterocycles. The fourth-order valence-corrected chi connectivity index (χ4v) is 6.68. The lowest BCUT2D eigenvalue weighted by atomic mass is 9.86. The molecule has 0 nitrogen and oxygen atoms in total. The monoisotopic (exact) mass is 242 g/mol. The molecule has 2 saturated carbocycles. The Morgan fingerprint density at radius 1 is 0.933 bits per heavy atom. The van der Waals surface area contributed by atoms with Gasteiger partial charge in [-0.3, -0.25) is 0 Å². The Labute approximate surface area is 102 Å². The highest BCUT2D eigenvalue weighted by atomic mass is 32.2. The maximum absolute atomic E-state index is 2.23. The summed E-state index contributed by atoms with van der Waals surface area (Å²) < 4.78 is 0.956. The van der Waals surface area contributed by atoms with Crippen molar-refractivity contribution in [2.24, 2.45) is 17.8 Å². The van der Waals surface area contributed by atoms with Crippen molar-refractivity contribution < 1.29 is 0 Å². The molecule has 3 unspecified atom stereocenters. The smallest absolute Gasteiger partial charge is 0.0502 e. The van der Waals surface area contributed by atoms with Gasteiger partial charge in [0.15, 0.2) is 0 Å². The molecule has 0 radical (unpaired) electrons. The summed E-state index contributed by atoms with van der Waals surface area (Å²) in [5, 5.41) is 0. The Hall–Kier alpha value is 0.700. The summed E-state index contributed by atoms with van der Waals surface area (Å²) in [6.07, 6.45) is 10.8. The van der Waals surface area contributed by atoms with Crippen LogP contribution < -0.4 is 0 Å². The summed E-state index contributed by atoms with van der Waals surface area (Å²) >= 11 is 4.46. The lowest BCUT2D eigenvalue weighted by Crippen LogP contribution is -2.14. The van der Waals surface area contributed by atoms with E-state index in [1.165, 1.54) is 24.3 Å². The van der Waals surface area contributed by atoms with Gasteiger partial charge in [-0.2, -0.15) is 0 Å². The first kappa shape index (κ1) is 10.8. The van der Waals surface area contributed by atoms with E-state index in [2.05, 4.69) is 23.5 Å². The van der Waals surface area contributed by atoms with E-state index in [1.807, 2.05) is 0 Å². The molecule has 2 heteroatoms. The molecule has 1 aliphatic heterocycles. The second kappa shape index (κ2) is 4.91. The normalized spacial score (nSPS) is 41.2. The maximum Gasteiger partial charge on any atom is 0.0502 e. The van der Waals surface area contributed by atoms with Crippen LogP contribution >= 0.6 is 23.5 Å². The van der Waals surface area contributed by atoms with Crippen molar-refractivity contribution in [3.8, 4) is 0 Å². The third kappa shape index (κ3) is 2.52. The van der Waals surface area contributed by atoms with Crippen molar-refractivity contribution >= 4 is 23.5 Å². The van der Waals surface area contributed by atoms with Crippen LogP contribution in [0.25, 0.3) is 0 Å².